The highest BCUT2D eigenvalue weighted by Crippen LogP contribution is 2.30. The SMILES string of the molecule is CC(C)CN[C@@H]1C[C@H](Cc2ccc(-c3ccccc3)cc2)C[C@H]1O.Cl. The standard InChI is InChI=1S/C22H29NO.ClH/c1-16(2)15-23-21-13-18(14-22(21)24)12-17-8-10-20(11-9-17)19-6-4-3-5-7-19;/h3-11,16,18,21-24H,12-15H2,1-2H3;1H/t18-,21+,22+;/m0./s1. The number of hydrogen-bond donors (Lipinski definition) is 2. The van der Waals surface area contributed by atoms with Gasteiger partial charge in [0.15, 0.2) is 0 Å². The molecule has 1 aliphatic carbocycles. The zero-order valence-electron chi connectivity index (χ0n) is 15.2. The highest BCUT2D eigenvalue weighted by Gasteiger charge is 2.32. The first-order chi connectivity index (χ1) is 11.6. The molecule has 0 aromatic heterocycles. The second kappa shape index (κ2) is 9.38. The van der Waals surface area contributed by atoms with Gasteiger partial charge < -0.3 is 10.4 Å². The summed E-state index contributed by atoms with van der Waals surface area (Å²) in [5.41, 5.74) is 3.90. The van der Waals surface area contributed by atoms with Gasteiger partial charge in [-0.3, -0.25) is 0 Å². The van der Waals surface area contributed by atoms with Gasteiger partial charge in [-0.15, -0.1) is 12.4 Å². The lowest BCUT2D eigenvalue weighted by Crippen LogP contribution is -2.37. The van der Waals surface area contributed by atoms with Crippen LogP contribution < -0.4 is 5.32 Å². The van der Waals surface area contributed by atoms with E-state index in [0.29, 0.717) is 11.8 Å². The lowest BCUT2D eigenvalue weighted by Gasteiger charge is -2.17. The minimum atomic E-state index is -0.197. The van der Waals surface area contributed by atoms with Crippen molar-refractivity contribution in [3.8, 4) is 11.1 Å². The molecule has 0 bridgehead atoms. The van der Waals surface area contributed by atoms with E-state index in [2.05, 4.69) is 67.7 Å². The lowest BCUT2D eigenvalue weighted by molar-refractivity contribution is 0.145. The van der Waals surface area contributed by atoms with Gasteiger partial charge in [-0.1, -0.05) is 68.4 Å². The molecule has 1 saturated carbocycles. The van der Waals surface area contributed by atoms with Crippen LogP contribution in [0.3, 0.4) is 0 Å². The first-order valence-electron chi connectivity index (χ1n) is 9.17. The summed E-state index contributed by atoms with van der Waals surface area (Å²) in [4.78, 5) is 0. The molecule has 3 atom stereocenters. The average molecular weight is 360 g/mol. The number of benzene rings is 2. The third-order valence-electron chi connectivity index (χ3n) is 5.00. The van der Waals surface area contributed by atoms with Gasteiger partial charge in [-0.05, 0) is 54.3 Å². The van der Waals surface area contributed by atoms with Crippen LogP contribution in [0.25, 0.3) is 11.1 Å². The number of aliphatic hydroxyl groups is 1. The van der Waals surface area contributed by atoms with E-state index in [4.69, 9.17) is 0 Å². The summed E-state index contributed by atoms with van der Waals surface area (Å²) in [5, 5.41) is 13.8. The van der Waals surface area contributed by atoms with Crippen molar-refractivity contribution in [3.63, 3.8) is 0 Å². The monoisotopic (exact) mass is 359 g/mol. The molecule has 1 fully saturated rings. The van der Waals surface area contributed by atoms with Crippen molar-refractivity contribution in [2.75, 3.05) is 6.54 Å². The maximum absolute atomic E-state index is 10.3. The molecule has 136 valence electrons. The molecule has 0 saturated heterocycles. The summed E-state index contributed by atoms with van der Waals surface area (Å²) in [5.74, 6) is 1.20. The van der Waals surface area contributed by atoms with Crippen LogP contribution in [-0.2, 0) is 6.42 Å². The maximum Gasteiger partial charge on any atom is 0.0696 e. The minimum absolute atomic E-state index is 0. The lowest BCUT2D eigenvalue weighted by atomic mass is 9.96. The normalized spacial score (nSPS) is 22.8. The molecule has 2 nitrogen and oxygen atoms in total. The van der Waals surface area contributed by atoms with Gasteiger partial charge >= 0.3 is 0 Å². The van der Waals surface area contributed by atoms with Crippen LogP contribution in [0, 0.1) is 11.8 Å². The van der Waals surface area contributed by atoms with Crippen LogP contribution in [0.15, 0.2) is 54.6 Å². The van der Waals surface area contributed by atoms with Gasteiger partial charge in [0.2, 0.25) is 0 Å². The van der Waals surface area contributed by atoms with E-state index in [1.165, 1.54) is 16.7 Å². The van der Waals surface area contributed by atoms with Crippen LogP contribution in [0.2, 0.25) is 0 Å². The Labute approximate surface area is 158 Å². The van der Waals surface area contributed by atoms with Crippen LogP contribution in [0.1, 0.15) is 32.3 Å². The van der Waals surface area contributed by atoms with Gasteiger partial charge in [-0.25, -0.2) is 0 Å². The van der Waals surface area contributed by atoms with Crippen molar-refractivity contribution < 1.29 is 5.11 Å². The van der Waals surface area contributed by atoms with Gasteiger partial charge in [0.25, 0.3) is 0 Å². The third-order valence-corrected chi connectivity index (χ3v) is 5.00. The Kier molecular flexibility index (Phi) is 7.49. The van der Waals surface area contributed by atoms with Gasteiger partial charge in [0.05, 0.1) is 6.10 Å². The Bertz CT molecular complexity index is 626. The summed E-state index contributed by atoms with van der Waals surface area (Å²) in [6.45, 7) is 5.40. The van der Waals surface area contributed by atoms with Gasteiger partial charge in [0, 0.05) is 6.04 Å². The molecule has 0 spiro atoms. The van der Waals surface area contributed by atoms with E-state index in [-0.39, 0.29) is 24.6 Å². The Balaban J connectivity index is 0.00000225. The molecule has 3 rings (SSSR count). The Hall–Kier alpha value is -1.35. The molecule has 3 heteroatoms. The number of hydrogen-bond acceptors (Lipinski definition) is 2. The zero-order valence-corrected chi connectivity index (χ0v) is 16.0. The first-order valence-corrected chi connectivity index (χ1v) is 9.17. The molecule has 0 heterocycles. The quantitative estimate of drug-likeness (QED) is 0.783. The van der Waals surface area contributed by atoms with E-state index in [1.54, 1.807) is 0 Å². The highest BCUT2D eigenvalue weighted by atomic mass is 35.5. The average Bonchev–Trinajstić information content (AvgIpc) is 2.94. The fourth-order valence-corrected chi connectivity index (χ4v) is 3.69. The number of halogens is 1. The predicted molar refractivity (Wildman–Crippen MR) is 108 cm³/mol. The molecule has 2 aromatic carbocycles. The van der Waals surface area contributed by atoms with E-state index >= 15 is 0 Å². The number of nitrogens with one attached hydrogen (secondary N) is 1. The van der Waals surface area contributed by atoms with Crippen molar-refractivity contribution in [1.82, 2.24) is 5.32 Å². The Morgan fingerprint density at radius 1 is 0.960 bits per heavy atom. The highest BCUT2D eigenvalue weighted by molar-refractivity contribution is 5.85. The summed E-state index contributed by atoms with van der Waals surface area (Å²) >= 11 is 0. The second-order valence-corrected chi connectivity index (χ2v) is 7.58. The molecule has 0 amide bonds. The van der Waals surface area contributed by atoms with E-state index in [1.807, 2.05) is 6.07 Å². The fourth-order valence-electron chi connectivity index (χ4n) is 3.69. The van der Waals surface area contributed by atoms with Crippen LogP contribution in [0.4, 0.5) is 0 Å². The van der Waals surface area contributed by atoms with Crippen LogP contribution in [0.5, 0.6) is 0 Å². The molecule has 25 heavy (non-hydrogen) atoms. The summed E-state index contributed by atoms with van der Waals surface area (Å²) in [7, 11) is 0. The van der Waals surface area contributed by atoms with E-state index < -0.39 is 0 Å². The Morgan fingerprint density at radius 2 is 1.60 bits per heavy atom. The number of rotatable bonds is 6. The summed E-state index contributed by atoms with van der Waals surface area (Å²) < 4.78 is 0. The Morgan fingerprint density at radius 3 is 2.24 bits per heavy atom. The number of aliphatic hydroxyl groups excluding tert-OH is 1. The molecule has 0 aliphatic heterocycles. The second-order valence-electron chi connectivity index (χ2n) is 7.58. The molecule has 0 unspecified atom stereocenters. The van der Waals surface area contributed by atoms with Crippen molar-refractivity contribution in [1.29, 1.82) is 0 Å². The smallest absolute Gasteiger partial charge is 0.0696 e. The largest absolute Gasteiger partial charge is 0.391 e. The topological polar surface area (TPSA) is 32.3 Å². The summed E-state index contributed by atoms with van der Waals surface area (Å²) in [6.07, 6.45) is 2.86. The van der Waals surface area contributed by atoms with Crippen molar-refractivity contribution >= 4 is 12.4 Å². The zero-order chi connectivity index (χ0) is 16.9. The fraction of sp³-hybridized carbons (Fsp3) is 0.455. The van der Waals surface area contributed by atoms with Crippen LogP contribution >= 0.6 is 12.4 Å². The molecule has 2 N–H and O–H groups in total. The van der Waals surface area contributed by atoms with Crippen molar-refractivity contribution in [3.05, 3.63) is 60.2 Å². The maximum atomic E-state index is 10.3. The molecule has 1 aliphatic rings. The molecule has 0 radical (unpaired) electrons. The van der Waals surface area contributed by atoms with E-state index in [9.17, 15) is 5.11 Å². The predicted octanol–water partition coefficient (Wildman–Crippen LogP) is 4.70. The minimum Gasteiger partial charge on any atom is -0.391 e. The van der Waals surface area contributed by atoms with Crippen LogP contribution in [-0.4, -0.2) is 23.8 Å². The first kappa shape index (κ1) is 20.0. The molecular formula is C22H30ClNO. The van der Waals surface area contributed by atoms with Crippen molar-refractivity contribution in [2.24, 2.45) is 11.8 Å². The van der Waals surface area contributed by atoms with Gasteiger partial charge in [0.1, 0.15) is 0 Å². The summed E-state index contributed by atoms with van der Waals surface area (Å²) in [6, 6.07) is 19.7. The molecular weight excluding hydrogens is 330 g/mol. The third kappa shape index (κ3) is 5.57. The van der Waals surface area contributed by atoms with Crippen molar-refractivity contribution in [2.45, 2.75) is 45.3 Å². The van der Waals surface area contributed by atoms with E-state index in [0.717, 1.165) is 25.8 Å². The molecule has 2 aromatic rings. The van der Waals surface area contributed by atoms with Gasteiger partial charge in [-0.2, -0.15) is 0 Å².